The molecule has 3 saturated heterocycles. The molecule has 4 heterocycles. The van der Waals surface area contributed by atoms with Crippen LogP contribution >= 0.6 is 11.6 Å². The van der Waals surface area contributed by atoms with Gasteiger partial charge < -0.3 is 20.3 Å². The molecule has 2 aromatic rings. The maximum Gasteiger partial charge on any atom is 0.253 e. The number of hydrogen-bond donors (Lipinski definition) is 2. The van der Waals surface area contributed by atoms with Crippen LogP contribution in [0, 0.1) is 0 Å². The van der Waals surface area contributed by atoms with Gasteiger partial charge in [0.05, 0.1) is 6.61 Å². The lowest BCUT2D eigenvalue weighted by Crippen LogP contribution is -2.60. The van der Waals surface area contributed by atoms with Crippen molar-refractivity contribution in [1.29, 1.82) is 0 Å². The molecule has 9 nitrogen and oxygen atoms in total. The Hall–Kier alpha value is -2.36. The van der Waals surface area contributed by atoms with Crippen LogP contribution in [0.3, 0.4) is 0 Å². The lowest BCUT2D eigenvalue weighted by molar-refractivity contribution is -0.154. The Labute approximate surface area is 199 Å². The molecule has 0 bridgehead atoms. The standard InChI is InChI=1S/C23H32ClN7O2/c24-17-5-3-16(4-6-17)13-19-15-33-20(21(32)29-9-1-2-10-29)14-31(19)18-7-11-30(12-8-18)23-26-22(25)27-28-23/h3-6,18-20H,1-2,7-15H2,(H3,25,26,27,28). The number of piperidine rings is 1. The fraction of sp³-hybridized carbons (Fsp3) is 0.609. The van der Waals surface area contributed by atoms with Crippen LogP contribution in [-0.2, 0) is 16.0 Å². The van der Waals surface area contributed by atoms with Crippen LogP contribution in [0.5, 0.6) is 0 Å². The first-order valence-electron chi connectivity index (χ1n) is 11.9. The van der Waals surface area contributed by atoms with E-state index >= 15 is 0 Å². The van der Waals surface area contributed by atoms with E-state index in [0.29, 0.717) is 31.1 Å². The van der Waals surface area contributed by atoms with Crippen molar-refractivity contribution in [2.24, 2.45) is 0 Å². The van der Waals surface area contributed by atoms with Gasteiger partial charge in [-0.3, -0.25) is 9.69 Å². The molecule has 178 valence electrons. The Morgan fingerprint density at radius 2 is 1.88 bits per heavy atom. The molecule has 5 rings (SSSR count). The molecule has 1 aromatic carbocycles. The monoisotopic (exact) mass is 473 g/mol. The van der Waals surface area contributed by atoms with E-state index in [0.717, 1.165) is 63.3 Å². The number of H-pyrrole nitrogens is 1. The molecule has 3 fully saturated rings. The van der Waals surface area contributed by atoms with Crippen molar-refractivity contribution < 1.29 is 9.53 Å². The molecule has 0 radical (unpaired) electrons. The molecule has 3 aliphatic heterocycles. The number of carbonyl (C=O) groups is 1. The maximum atomic E-state index is 13.1. The number of carbonyl (C=O) groups excluding carboxylic acids is 1. The SMILES string of the molecule is Nc1nc(N2CCC(N3CC(C(=O)N4CCCC4)OCC3Cc3ccc(Cl)cc3)CC2)n[nH]1. The Balaban J connectivity index is 1.28. The van der Waals surface area contributed by atoms with Crippen LogP contribution in [0.2, 0.25) is 5.02 Å². The molecule has 1 amide bonds. The minimum atomic E-state index is -0.379. The van der Waals surface area contributed by atoms with E-state index < -0.39 is 0 Å². The number of nitrogen functional groups attached to an aromatic ring is 1. The summed E-state index contributed by atoms with van der Waals surface area (Å²) in [5.41, 5.74) is 6.94. The number of anilines is 2. The van der Waals surface area contributed by atoms with Gasteiger partial charge in [-0.05, 0) is 49.8 Å². The molecule has 3 N–H and O–H groups in total. The number of amides is 1. The van der Waals surface area contributed by atoms with Crippen molar-refractivity contribution in [3.8, 4) is 0 Å². The zero-order chi connectivity index (χ0) is 22.8. The molecule has 33 heavy (non-hydrogen) atoms. The predicted octanol–water partition coefficient (Wildman–Crippen LogP) is 1.94. The molecular formula is C23H32ClN7O2. The first kappa shape index (κ1) is 22.4. The van der Waals surface area contributed by atoms with Crippen LogP contribution in [-0.4, -0.2) is 88.4 Å². The Morgan fingerprint density at radius 1 is 1.15 bits per heavy atom. The zero-order valence-corrected chi connectivity index (χ0v) is 19.6. The van der Waals surface area contributed by atoms with E-state index in [1.165, 1.54) is 5.56 Å². The first-order valence-corrected chi connectivity index (χ1v) is 12.3. The number of rotatable bonds is 5. The number of likely N-dealkylation sites (tertiary alicyclic amines) is 1. The lowest BCUT2D eigenvalue weighted by atomic mass is 9.96. The third-order valence-corrected chi connectivity index (χ3v) is 7.37. The molecular weight excluding hydrogens is 442 g/mol. The van der Waals surface area contributed by atoms with Gasteiger partial charge in [0, 0.05) is 49.8 Å². The summed E-state index contributed by atoms with van der Waals surface area (Å²) in [6.07, 6.45) is 4.64. The van der Waals surface area contributed by atoms with Crippen molar-refractivity contribution >= 4 is 29.4 Å². The van der Waals surface area contributed by atoms with Crippen molar-refractivity contribution in [1.82, 2.24) is 25.0 Å². The number of hydrogen-bond acceptors (Lipinski definition) is 7. The van der Waals surface area contributed by atoms with E-state index in [9.17, 15) is 4.79 Å². The number of halogens is 1. The molecule has 0 spiro atoms. The second-order valence-electron chi connectivity index (χ2n) is 9.27. The summed E-state index contributed by atoms with van der Waals surface area (Å²) in [6.45, 7) is 4.63. The number of nitrogens with two attached hydrogens (primary N) is 1. The summed E-state index contributed by atoms with van der Waals surface area (Å²) >= 11 is 6.08. The smallest absolute Gasteiger partial charge is 0.253 e. The fourth-order valence-electron chi connectivity index (χ4n) is 5.33. The van der Waals surface area contributed by atoms with E-state index in [1.54, 1.807) is 0 Å². The lowest BCUT2D eigenvalue weighted by Gasteiger charge is -2.46. The summed E-state index contributed by atoms with van der Waals surface area (Å²) < 4.78 is 6.17. The number of nitrogens with zero attached hydrogens (tertiary/aromatic N) is 5. The summed E-state index contributed by atoms with van der Waals surface area (Å²) in [6, 6.07) is 8.64. The average molecular weight is 474 g/mol. The molecule has 1 aromatic heterocycles. The van der Waals surface area contributed by atoms with E-state index in [4.69, 9.17) is 22.1 Å². The quantitative estimate of drug-likeness (QED) is 0.683. The Kier molecular flexibility index (Phi) is 6.71. The summed E-state index contributed by atoms with van der Waals surface area (Å²) in [5.74, 6) is 1.15. The van der Waals surface area contributed by atoms with Gasteiger partial charge in [0.25, 0.3) is 5.91 Å². The van der Waals surface area contributed by atoms with Crippen molar-refractivity contribution in [3.05, 3.63) is 34.9 Å². The van der Waals surface area contributed by atoms with Gasteiger partial charge >= 0.3 is 0 Å². The molecule has 0 aliphatic carbocycles. The molecule has 3 aliphatic rings. The summed E-state index contributed by atoms with van der Waals surface area (Å²) in [5, 5.41) is 7.67. The molecule has 0 saturated carbocycles. The molecule has 10 heteroatoms. The third kappa shape index (κ3) is 5.10. The average Bonchev–Trinajstić information content (AvgIpc) is 3.53. The van der Waals surface area contributed by atoms with Gasteiger partial charge in [-0.15, -0.1) is 5.10 Å². The second-order valence-corrected chi connectivity index (χ2v) is 9.71. The number of aromatic amines is 1. The maximum absolute atomic E-state index is 13.1. The van der Waals surface area contributed by atoms with Gasteiger partial charge in [0.1, 0.15) is 6.10 Å². The molecule has 2 atom stereocenters. The normalized spacial score (nSPS) is 25.0. The van der Waals surface area contributed by atoms with Crippen molar-refractivity contribution in [3.63, 3.8) is 0 Å². The zero-order valence-electron chi connectivity index (χ0n) is 18.8. The van der Waals surface area contributed by atoms with E-state index in [1.807, 2.05) is 17.0 Å². The first-order chi connectivity index (χ1) is 16.1. The predicted molar refractivity (Wildman–Crippen MR) is 127 cm³/mol. The van der Waals surface area contributed by atoms with Gasteiger partial charge in [0.2, 0.25) is 11.9 Å². The topological polar surface area (TPSA) is 104 Å². The van der Waals surface area contributed by atoms with Crippen LogP contribution in [0.1, 0.15) is 31.2 Å². The highest BCUT2D eigenvalue weighted by molar-refractivity contribution is 6.30. The number of ether oxygens (including phenoxy) is 1. The number of aromatic nitrogens is 3. The molecule has 2 unspecified atom stereocenters. The van der Waals surface area contributed by atoms with Gasteiger partial charge in [-0.2, -0.15) is 4.98 Å². The minimum Gasteiger partial charge on any atom is -0.368 e. The second kappa shape index (κ2) is 9.87. The minimum absolute atomic E-state index is 0.149. The number of morpholine rings is 1. The highest BCUT2D eigenvalue weighted by Gasteiger charge is 2.39. The number of nitrogens with one attached hydrogen (secondary N) is 1. The Bertz CT molecular complexity index is 939. The van der Waals surface area contributed by atoms with Gasteiger partial charge in [-0.1, -0.05) is 23.7 Å². The largest absolute Gasteiger partial charge is 0.368 e. The van der Waals surface area contributed by atoms with Crippen molar-refractivity contribution in [2.45, 2.75) is 50.3 Å². The van der Waals surface area contributed by atoms with Crippen LogP contribution < -0.4 is 10.6 Å². The van der Waals surface area contributed by atoms with Crippen LogP contribution in [0.25, 0.3) is 0 Å². The van der Waals surface area contributed by atoms with Gasteiger partial charge in [0.15, 0.2) is 0 Å². The highest BCUT2D eigenvalue weighted by atomic mass is 35.5. The van der Waals surface area contributed by atoms with Crippen LogP contribution in [0.15, 0.2) is 24.3 Å². The third-order valence-electron chi connectivity index (χ3n) is 7.12. The van der Waals surface area contributed by atoms with E-state index in [-0.39, 0.29) is 18.1 Å². The Morgan fingerprint density at radius 3 is 2.55 bits per heavy atom. The fourth-order valence-corrected chi connectivity index (χ4v) is 5.45. The summed E-state index contributed by atoms with van der Waals surface area (Å²) in [7, 11) is 0. The van der Waals surface area contributed by atoms with E-state index in [2.05, 4.69) is 37.1 Å². The number of benzene rings is 1. The van der Waals surface area contributed by atoms with Crippen molar-refractivity contribution in [2.75, 3.05) is 50.0 Å². The highest BCUT2D eigenvalue weighted by Crippen LogP contribution is 2.27. The summed E-state index contributed by atoms with van der Waals surface area (Å²) in [4.78, 5) is 24.0. The van der Waals surface area contributed by atoms with Crippen LogP contribution in [0.4, 0.5) is 11.9 Å². The van der Waals surface area contributed by atoms with Gasteiger partial charge in [-0.25, -0.2) is 5.10 Å².